The van der Waals surface area contributed by atoms with Crippen LogP contribution in [-0.4, -0.2) is 18.4 Å². The van der Waals surface area contributed by atoms with Crippen molar-refractivity contribution in [2.45, 2.75) is 12.7 Å². The van der Waals surface area contributed by atoms with Gasteiger partial charge >= 0.3 is 0 Å². The molecule has 0 atom stereocenters. The first kappa shape index (κ1) is 8.22. The van der Waals surface area contributed by atoms with Crippen LogP contribution >= 0.6 is 0 Å². The number of H-pyrrole nitrogens is 1. The number of nitrogens with two attached hydrogens (primary N) is 1. The maximum Gasteiger partial charge on any atom is 0.214 e. The summed E-state index contributed by atoms with van der Waals surface area (Å²) in [6.45, 7) is 1.74. The van der Waals surface area contributed by atoms with Gasteiger partial charge in [0.15, 0.2) is 0 Å². The molecule has 0 saturated carbocycles. The van der Waals surface area contributed by atoms with Gasteiger partial charge in [0.1, 0.15) is 5.75 Å². The van der Waals surface area contributed by atoms with Crippen molar-refractivity contribution in [3.8, 4) is 0 Å². The van der Waals surface area contributed by atoms with Crippen molar-refractivity contribution in [1.29, 1.82) is 0 Å². The van der Waals surface area contributed by atoms with Crippen molar-refractivity contribution in [3.63, 3.8) is 0 Å². The lowest BCUT2D eigenvalue weighted by Gasteiger charge is -1.94. The molecule has 0 unspecified atom stereocenters. The Labute approximate surface area is 64.7 Å². The van der Waals surface area contributed by atoms with Gasteiger partial charge in [-0.05, 0) is 6.92 Å². The summed E-state index contributed by atoms with van der Waals surface area (Å²) in [5.41, 5.74) is 1.21. The average molecular weight is 175 g/mol. The summed E-state index contributed by atoms with van der Waals surface area (Å²) in [7, 11) is -3.45. The number of hydrogen-bond acceptors (Lipinski definition) is 3. The minimum atomic E-state index is -3.45. The van der Waals surface area contributed by atoms with E-state index in [0.29, 0.717) is 5.69 Å². The minimum Gasteiger partial charge on any atom is -0.348 e. The van der Waals surface area contributed by atoms with Crippen molar-refractivity contribution < 1.29 is 8.42 Å². The highest BCUT2D eigenvalue weighted by molar-refractivity contribution is 7.88. The zero-order valence-electron chi connectivity index (χ0n) is 6.03. The predicted octanol–water partition coefficient (Wildman–Crippen LogP) is -0.493. The molecule has 1 rings (SSSR count). The van der Waals surface area contributed by atoms with Crippen LogP contribution in [0, 0.1) is 6.92 Å². The molecule has 0 spiro atoms. The summed E-state index contributed by atoms with van der Waals surface area (Å²) >= 11 is 0. The first-order chi connectivity index (χ1) is 4.99. The lowest BCUT2D eigenvalue weighted by molar-refractivity contribution is 0.596. The molecule has 0 radical (unpaired) electrons. The van der Waals surface area contributed by atoms with E-state index in [0.717, 1.165) is 5.69 Å². The van der Waals surface area contributed by atoms with Gasteiger partial charge in [0.05, 0.1) is 12.0 Å². The van der Waals surface area contributed by atoms with Gasteiger partial charge in [-0.3, -0.25) is 0 Å². The average Bonchev–Trinajstić information content (AvgIpc) is 2.12. The standard InChI is InChI=1S/C5H9N3O2S/c1-4-5(8-3-7-4)2-11(6,9)10/h3H,2H2,1H3,(H,7,8)(H2,6,9,10). The molecule has 0 aliphatic rings. The lowest BCUT2D eigenvalue weighted by atomic mass is 10.4. The molecule has 1 aromatic heterocycles. The quantitative estimate of drug-likeness (QED) is 0.635. The van der Waals surface area contributed by atoms with Gasteiger partial charge < -0.3 is 4.98 Å². The van der Waals surface area contributed by atoms with Crippen molar-refractivity contribution in [3.05, 3.63) is 17.7 Å². The van der Waals surface area contributed by atoms with E-state index in [-0.39, 0.29) is 5.75 Å². The van der Waals surface area contributed by atoms with E-state index in [2.05, 4.69) is 9.97 Å². The Kier molecular flexibility index (Phi) is 1.97. The van der Waals surface area contributed by atoms with Gasteiger partial charge in [-0.1, -0.05) is 0 Å². The summed E-state index contributed by atoms with van der Waals surface area (Å²) < 4.78 is 21.1. The molecular formula is C5H9N3O2S. The van der Waals surface area contributed by atoms with Crippen LogP contribution < -0.4 is 5.14 Å². The number of primary sulfonamides is 1. The molecule has 62 valence electrons. The maximum atomic E-state index is 10.6. The third-order valence-electron chi connectivity index (χ3n) is 1.27. The van der Waals surface area contributed by atoms with Crippen LogP contribution in [-0.2, 0) is 15.8 Å². The molecule has 0 aliphatic carbocycles. The number of rotatable bonds is 2. The van der Waals surface area contributed by atoms with E-state index in [1.54, 1.807) is 6.92 Å². The Balaban J connectivity index is 2.89. The molecular weight excluding hydrogens is 166 g/mol. The fourth-order valence-corrected chi connectivity index (χ4v) is 1.40. The van der Waals surface area contributed by atoms with Crippen LogP contribution in [0.5, 0.6) is 0 Å². The van der Waals surface area contributed by atoms with Gasteiger partial charge in [0, 0.05) is 5.69 Å². The van der Waals surface area contributed by atoms with Crippen LogP contribution in [0.1, 0.15) is 11.4 Å². The molecule has 0 aromatic carbocycles. The van der Waals surface area contributed by atoms with Gasteiger partial charge in [-0.25, -0.2) is 18.5 Å². The van der Waals surface area contributed by atoms with E-state index in [4.69, 9.17) is 5.14 Å². The largest absolute Gasteiger partial charge is 0.348 e. The molecule has 0 fully saturated rings. The topological polar surface area (TPSA) is 88.8 Å². The second kappa shape index (κ2) is 2.63. The monoisotopic (exact) mass is 175 g/mol. The highest BCUT2D eigenvalue weighted by atomic mass is 32.2. The zero-order chi connectivity index (χ0) is 8.48. The predicted molar refractivity (Wildman–Crippen MR) is 40.1 cm³/mol. The van der Waals surface area contributed by atoms with Crippen LogP contribution in [0.15, 0.2) is 6.33 Å². The van der Waals surface area contributed by atoms with Crippen molar-refractivity contribution >= 4 is 10.0 Å². The molecule has 11 heavy (non-hydrogen) atoms. The molecule has 1 aromatic rings. The van der Waals surface area contributed by atoms with Crippen molar-refractivity contribution in [1.82, 2.24) is 9.97 Å². The summed E-state index contributed by atoms with van der Waals surface area (Å²) in [4.78, 5) is 6.55. The highest BCUT2D eigenvalue weighted by Gasteiger charge is 2.08. The first-order valence-corrected chi connectivity index (χ1v) is 4.70. The Hall–Kier alpha value is -0.880. The summed E-state index contributed by atoms with van der Waals surface area (Å²) in [5.74, 6) is -0.206. The summed E-state index contributed by atoms with van der Waals surface area (Å²) in [6, 6.07) is 0. The number of nitrogens with zero attached hydrogens (tertiary/aromatic N) is 1. The number of aromatic amines is 1. The molecule has 0 amide bonds. The second-order valence-electron chi connectivity index (χ2n) is 2.28. The number of aromatic nitrogens is 2. The van der Waals surface area contributed by atoms with E-state index in [1.807, 2.05) is 0 Å². The number of imidazole rings is 1. The van der Waals surface area contributed by atoms with Gasteiger partial charge in [0.2, 0.25) is 10.0 Å². The third kappa shape index (κ3) is 2.32. The molecule has 5 nitrogen and oxygen atoms in total. The van der Waals surface area contributed by atoms with E-state index in [9.17, 15) is 8.42 Å². The normalized spacial score (nSPS) is 11.8. The van der Waals surface area contributed by atoms with E-state index >= 15 is 0 Å². The van der Waals surface area contributed by atoms with Gasteiger partial charge in [-0.2, -0.15) is 0 Å². The molecule has 0 saturated heterocycles. The van der Waals surface area contributed by atoms with Crippen molar-refractivity contribution in [2.24, 2.45) is 5.14 Å². The number of aryl methyl sites for hydroxylation is 1. The van der Waals surface area contributed by atoms with E-state index < -0.39 is 10.0 Å². The van der Waals surface area contributed by atoms with Crippen LogP contribution in [0.25, 0.3) is 0 Å². The Morgan fingerprint density at radius 1 is 1.73 bits per heavy atom. The highest BCUT2D eigenvalue weighted by Crippen LogP contribution is 2.03. The van der Waals surface area contributed by atoms with E-state index in [1.165, 1.54) is 6.33 Å². The third-order valence-corrected chi connectivity index (χ3v) is 1.95. The Morgan fingerprint density at radius 3 is 2.73 bits per heavy atom. The molecule has 0 aliphatic heterocycles. The van der Waals surface area contributed by atoms with Gasteiger partial charge in [-0.15, -0.1) is 0 Å². The Morgan fingerprint density at radius 2 is 2.36 bits per heavy atom. The fraction of sp³-hybridized carbons (Fsp3) is 0.400. The Bertz CT molecular complexity index is 340. The smallest absolute Gasteiger partial charge is 0.214 e. The van der Waals surface area contributed by atoms with Crippen LogP contribution in [0.3, 0.4) is 0 Å². The van der Waals surface area contributed by atoms with Gasteiger partial charge in [0.25, 0.3) is 0 Å². The maximum absolute atomic E-state index is 10.6. The fourth-order valence-electron chi connectivity index (χ4n) is 0.723. The van der Waals surface area contributed by atoms with Crippen LogP contribution in [0.4, 0.5) is 0 Å². The first-order valence-electron chi connectivity index (χ1n) is 2.98. The molecule has 0 bridgehead atoms. The molecule has 1 heterocycles. The van der Waals surface area contributed by atoms with Crippen LogP contribution in [0.2, 0.25) is 0 Å². The summed E-state index contributed by atoms with van der Waals surface area (Å²) in [6.07, 6.45) is 1.44. The number of sulfonamides is 1. The number of nitrogens with one attached hydrogen (secondary N) is 1. The zero-order valence-corrected chi connectivity index (χ0v) is 6.85. The molecule has 3 N–H and O–H groups in total. The lowest BCUT2D eigenvalue weighted by Crippen LogP contribution is -2.15. The minimum absolute atomic E-state index is 0.206. The second-order valence-corrected chi connectivity index (χ2v) is 3.90. The SMILES string of the molecule is Cc1[nH]cnc1CS(N)(=O)=O. The summed E-state index contributed by atoms with van der Waals surface area (Å²) in [5, 5.41) is 4.81. The molecule has 6 heteroatoms. The number of hydrogen-bond donors (Lipinski definition) is 2. The van der Waals surface area contributed by atoms with Crippen molar-refractivity contribution in [2.75, 3.05) is 0 Å².